The van der Waals surface area contributed by atoms with E-state index in [9.17, 15) is 0 Å². The monoisotopic (exact) mass is 152 g/mol. The minimum Gasteiger partial charge on any atom is -0.244 e. The zero-order chi connectivity index (χ0) is 6.97. The molecule has 0 aliphatic carbocycles. The molecule has 2 heterocycles. The number of thioether (sulfide) groups is 1. The van der Waals surface area contributed by atoms with Crippen molar-refractivity contribution < 1.29 is 0 Å². The van der Waals surface area contributed by atoms with Crippen LogP contribution in [-0.4, -0.2) is 15.7 Å². The van der Waals surface area contributed by atoms with Crippen molar-refractivity contribution >= 4 is 11.8 Å². The number of hydrogen-bond donors (Lipinski definition) is 0. The largest absolute Gasteiger partial charge is 0.244 e. The first-order valence-corrected chi connectivity index (χ1v) is 4.29. The van der Waals surface area contributed by atoms with Crippen LogP contribution in [0.2, 0.25) is 0 Å². The second-order valence-corrected chi connectivity index (χ2v) is 3.55. The van der Waals surface area contributed by atoms with Crippen molar-refractivity contribution in [3.05, 3.63) is 18.2 Å². The zero-order valence-electron chi connectivity index (χ0n) is 5.74. The molecule has 0 fully saturated rings. The number of hydrogen-bond acceptors (Lipinski definition) is 3. The lowest BCUT2D eigenvalue weighted by Crippen LogP contribution is -1.92. The molecule has 1 aromatic rings. The van der Waals surface area contributed by atoms with Crippen LogP contribution in [0.4, 0.5) is 0 Å². The van der Waals surface area contributed by atoms with Gasteiger partial charge in [-0.25, -0.2) is 9.97 Å². The summed E-state index contributed by atoms with van der Waals surface area (Å²) in [6.45, 7) is 2.20. The van der Waals surface area contributed by atoms with E-state index < -0.39 is 0 Å². The summed E-state index contributed by atoms with van der Waals surface area (Å²) in [4.78, 5) is 9.43. The summed E-state index contributed by atoms with van der Waals surface area (Å²) >= 11 is 1.85. The van der Waals surface area contributed by atoms with Crippen LogP contribution in [0.3, 0.4) is 0 Å². The van der Waals surface area contributed by atoms with Crippen LogP contribution in [0.25, 0.3) is 0 Å². The van der Waals surface area contributed by atoms with Crippen LogP contribution in [0.1, 0.15) is 18.5 Å². The Morgan fingerprint density at radius 2 is 2.60 bits per heavy atom. The predicted octanol–water partition coefficient (Wildman–Crippen LogP) is 1.69. The van der Waals surface area contributed by atoms with E-state index in [2.05, 4.69) is 16.9 Å². The van der Waals surface area contributed by atoms with Crippen molar-refractivity contribution in [3.8, 4) is 0 Å². The first-order valence-electron chi connectivity index (χ1n) is 3.30. The molecule has 0 radical (unpaired) electrons. The van der Waals surface area contributed by atoms with E-state index in [1.54, 1.807) is 6.33 Å². The van der Waals surface area contributed by atoms with Gasteiger partial charge in [0, 0.05) is 22.8 Å². The smallest absolute Gasteiger partial charge is 0.115 e. The van der Waals surface area contributed by atoms with Crippen molar-refractivity contribution in [1.29, 1.82) is 0 Å². The van der Waals surface area contributed by atoms with Gasteiger partial charge in [0.15, 0.2) is 0 Å². The van der Waals surface area contributed by atoms with Crippen LogP contribution in [0.15, 0.2) is 17.4 Å². The summed E-state index contributed by atoms with van der Waals surface area (Å²) in [5.41, 5.74) is 1.22. The van der Waals surface area contributed by atoms with Crippen molar-refractivity contribution in [2.45, 2.75) is 17.7 Å². The molecule has 52 valence electrons. The molecule has 0 amide bonds. The van der Waals surface area contributed by atoms with Gasteiger partial charge in [0.2, 0.25) is 0 Å². The Morgan fingerprint density at radius 1 is 1.70 bits per heavy atom. The van der Waals surface area contributed by atoms with Gasteiger partial charge >= 0.3 is 0 Å². The van der Waals surface area contributed by atoms with Crippen LogP contribution >= 0.6 is 11.8 Å². The molecular weight excluding hydrogens is 144 g/mol. The van der Waals surface area contributed by atoms with Gasteiger partial charge < -0.3 is 0 Å². The molecule has 0 bridgehead atoms. The predicted molar refractivity (Wildman–Crippen MR) is 41.2 cm³/mol. The molecular formula is C7H8N2S. The number of fused-ring (bicyclic) bond motifs is 1. The Balaban J connectivity index is 2.51. The molecule has 10 heavy (non-hydrogen) atoms. The molecule has 1 aromatic heterocycles. The highest BCUT2D eigenvalue weighted by Gasteiger charge is 2.19. The standard InChI is InChI=1S/C7H8N2S/c1-5-3-10-6-2-8-4-9-7(5)6/h2,4-5H,3H2,1H3. The molecule has 1 atom stereocenters. The zero-order valence-corrected chi connectivity index (χ0v) is 6.56. The van der Waals surface area contributed by atoms with Crippen LogP contribution in [-0.2, 0) is 0 Å². The number of nitrogens with zero attached hydrogens (tertiary/aromatic N) is 2. The minimum absolute atomic E-state index is 0.614. The van der Waals surface area contributed by atoms with E-state index in [4.69, 9.17) is 0 Å². The molecule has 1 aliphatic rings. The van der Waals surface area contributed by atoms with E-state index in [0.717, 1.165) is 5.75 Å². The van der Waals surface area contributed by atoms with E-state index in [1.807, 2.05) is 18.0 Å². The summed E-state index contributed by atoms with van der Waals surface area (Å²) in [6, 6.07) is 0. The lowest BCUT2D eigenvalue weighted by atomic mass is 10.1. The molecule has 0 N–H and O–H groups in total. The minimum atomic E-state index is 0.614. The fourth-order valence-electron chi connectivity index (χ4n) is 1.10. The summed E-state index contributed by atoms with van der Waals surface area (Å²) in [5, 5.41) is 0. The highest BCUT2D eigenvalue weighted by molar-refractivity contribution is 7.99. The van der Waals surface area contributed by atoms with E-state index >= 15 is 0 Å². The number of rotatable bonds is 0. The molecule has 2 nitrogen and oxygen atoms in total. The van der Waals surface area contributed by atoms with Gasteiger partial charge in [-0.3, -0.25) is 0 Å². The Morgan fingerprint density at radius 3 is 3.40 bits per heavy atom. The normalized spacial score (nSPS) is 22.7. The molecule has 0 saturated heterocycles. The Bertz CT molecular complexity index is 249. The summed E-state index contributed by atoms with van der Waals surface area (Å²) in [5.74, 6) is 1.77. The third kappa shape index (κ3) is 0.814. The summed E-state index contributed by atoms with van der Waals surface area (Å²) in [7, 11) is 0. The highest BCUT2D eigenvalue weighted by Crippen LogP contribution is 2.36. The Hall–Kier alpha value is -0.570. The van der Waals surface area contributed by atoms with Crippen LogP contribution < -0.4 is 0 Å². The van der Waals surface area contributed by atoms with Gasteiger partial charge in [0.25, 0.3) is 0 Å². The highest BCUT2D eigenvalue weighted by atomic mass is 32.2. The van der Waals surface area contributed by atoms with Crippen molar-refractivity contribution in [1.82, 2.24) is 9.97 Å². The second-order valence-electron chi connectivity index (χ2n) is 2.48. The maximum atomic E-state index is 4.21. The molecule has 3 heteroatoms. The Labute approximate surface area is 64.1 Å². The van der Waals surface area contributed by atoms with E-state index in [0.29, 0.717) is 5.92 Å². The quantitative estimate of drug-likeness (QED) is 0.565. The summed E-state index contributed by atoms with van der Waals surface area (Å²) in [6.07, 6.45) is 3.53. The molecule has 2 rings (SSSR count). The maximum Gasteiger partial charge on any atom is 0.115 e. The van der Waals surface area contributed by atoms with Crippen molar-refractivity contribution in [3.63, 3.8) is 0 Å². The van der Waals surface area contributed by atoms with Gasteiger partial charge in [0.1, 0.15) is 6.33 Å². The molecule has 0 saturated carbocycles. The SMILES string of the molecule is CC1CSc2cncnc21. The molecule has 0 spiro atoms. The average Bonchev–Trinajstić information content (AvgIpc) is 2.34. The van der Waals surface area contributed by atoms with Gasteiger partial charge in [0.05, 0.1) is 5.69 Å². The average molecular weight is 152 g/mol. The van der Waals surface area contributed by atoms with Crippen LogP contribution in [0.5, 0.6) is 0 Å². The van der Waals surface area contributed by atoms with Gasteiger partial charge in [-0.15, -0.1) is 11.8 Å². The van der Waals surface area contributed by atoms with E-state index in [1.165, 1.54) is 10.6 Å². The van der Waals surface area contributed by atoms with Crippen molar-refractivity contribution in [2.24, 2.45) is 0 Å². The summed E-state index contributed by atoms with van der Waals surface area (Å²) < 4.78 is 0. The van der Waals surface area contributed by atoms with Gasteiger partial charge in [-0.05, 0) is 0 Å². The third-order valence-electron chi connectivity index (χ3n) is 1.66. The number of aromatic nitrogens is 2. The topological polar surface area (TPSA) is 25.8 Å². The first-order chi connectivity index (χ1) is 4.88. The lowest BCUT2D eigenvalue weighted by molar-refractivity contribution is 0.819. The van der Waals surface area contributed by atoms with Gasteiger partial charge in [-0.2, -0.15) is 0 Å². The van der Waals surface area contributed by atoms with Gasteiger partial charge in [-0.1, -0.05) is 6.92 Å². The fraction of sp³-hybridized carbons (Fsp3) is 0.429. The lowest BCUT2D eigenvalue weighted by Gasteiger charge is -1.97. The fourth-order valence-corrected chi connectivity index (χ4v) is 2.23. The maximum absolute atomic E-state index is 4.21. The molecule has 0 aromatic carbocycles. The third-order valence-corrected chi connectivity index (χ3v) is 2.96. The molecule has 1 unspecified atom stereocenters. The van der Waals surface area contributed by atoms with Crippen LogP contribution in [0, 0.1) is 0 Å². The Kier molecular flexibility index (Phi) is 1.38. The first kappa shape index (κ1) is 6.16. The molecule has 1 aliphatic heterocycles. The second kappa shape index (κ2) is 2.23. The van der Waals surface area contributed by atoms with E-state index in [-0.39, 0.29) is 0 Å². The van der Waals surface area contributed by atoms with Crippen molar-refractivity contribution in [2.75, 3.05) is 5.75 Å².